The highest BCUT2D eigenvalue weighted by atomic mass is 127. The molecule has 1 aliphatic rings. The fourth-order valence-electron chi connectivity index (χ4n) is 3.08. The molecule has 3 rings (SSSR count). The van der Waals surface area contributed by atoms with Crippen LogP contribution in [0, 0.1) is 6.92 Å². The van der Waals surface area contributed by atoms with Gasteiger partial charge in [-0.1, -0.05) is 41.4 Å². The first-order valence-electron chi connectivity index (χ1n) is 8.54. The van der Waals surface area contributed by atoms with E-state index in [0.717, 1.165) is 37.8 Å². The first kappa shape index (κ1) is 20.8. The number of hydrogen-bond donors (Lipinski definition) is 2. The Kier molecular flexibility index (Phi) is 7.96. The Balaban J connectivity index is 0.00000243. The van der Waals surface area contributed by atoms with Crippen LogP contribution in [0.25, 0.3) is 0 Å². The number of aryl methyl sites for hydroxylation is 1. The average Bonchev–Trinajstić information content (AvgIpc) is 3.07. The van der Waals surface area contributed by atoms with Gasteiger partial charge in [-0.15, -0.1) is 24.0 Å². The molecule has 5 nitrogen and oxygen atoms in total. The Bertz CT molecular complexity index is 752. The highest BCUT2D eigenvalue weighted by molar-refractivity contribution is 14.0. The second-order valence-corrected chi connectivity index (χ2v) is 6.71. The van der Waals surface area contributed by atoms with Gasteiger partial charge < -0.3 is 15.5 Å². The summed E-state index contributed by atoms with van der Waals surface area (Å²) in [6.45, 7) is 4.65. The average molecular weight is 486 g/mol. The number of nitrogens with one attached hydrogen (secondary N) is 2. The van der Waals surface area contributed by atoms with Gasteiger partial charge in [-0.05, 0) is 31.0 Å². The number of benzene rings is 1. The van der Waals surface area contributed by atoms with Crippen molar-refractivity contribution in [2.45, 2.75) is 25.9 Å². The van der Waals surface area contributed by atoms with Crippen molar-refractivity contribution in [2.75, 3.05) is 25.0 Å². The van der Waals surface area contributed by atoms with Gasteiger partial charge in [0.25, 0.3) is 0 Å². The van der Waals surface area contributed by atoms with E-state index in [1.165, 1.54) is 11.1 Å². The van der Waals surface area contributed by atoms with E-state index in [0.29, 0.717) is 11.1 Å². The first-order valence-corrected chi connectivity index (χ1v) is 8.91. The zero-order valence-electron chi connectivity index (χ0n) is 15.1. The Labute approximate surface area is 177 Å². The van der Waals surface area contributed by atoms with Crippen molar-refractivity contribution in [1.82, 2.24) is 15.6 Å². The number of pyridine rings is 1. The zero-order valence-corrected chi connectivity index (χ0v) is 18.2. The summed E-state index contributed by atoms with van der Waals surface area (Å²) in [5.41, 5.74) is 2.51. The largest absolute Gasteiger partial charge is 0.353 e. The van der Waals surface area contributed by atoms with Gasteiger partial charge in [-0.2, -0.15) is 0 Å². The lowest BCUT2D eigenvalue weighted by atomic mass is 10.1. The summed E-state index contributed by atoms with van der Waals surface area (Å²) in [7, 11) is 1.80. The van der Waals surface area contributed by atoms with Crippen LogP contribution in [0.5, 0.6) is 0 Å². The highest BCUT2D eigenvalue weighted by Crippen LogP contribution is 2.25. The number of halogens is 2. The van der Waals surface area contributed by atoms with Gasteiger partial charge in [0, 0.05) is 38.9 Å². The third kappa shape index (κ3) is 5.48. The van der Waals surface area contributed by atoms with Crippen molar-refractivity contribution in [1.29, 1.82) is 0 Å². The Morgan fingerprint density at radius 2 is 2.19 bits per heavy atom. The summed E-state index contributed by atoms with van der Waals surface area (Å²) in [5.74, 6) is 1.68. The molecule has 0 amide bonds. The molecule has 1 unspecified atom stereocenters. The normalized spacial score (nSPS) is 17.0. The van der Waals surface area contributed by atoms with E-state index in [1.807, 2.05) is 12.1 Å². The predicted molar refractivity (Wildman–Crippen MR) is 120 cm³/mol. The number of hydrogen-bond acceptors (Lipinski definition) is 3. The van der Waals surface area contributed by atoms with Crippen molar-refractivity contribution < 1.29 is 0 Å². The monoisotopic (exact) mass is 485 g/mol. The number of aliphatic imine (C=N–C) groups is 1. The molecule has 7 heteroatoms. The molecule has 0 saturated carbocycles. The zero-order chi connectivity index (χ0) is 17.6. The van der Waals surface area contributed by atoms with Crippen LogP contribution in [0.4, 0.5) is 5.82 Å². The summed E-state index contributed by atoms with van der Waals surface area (Å²) in [4.78, 5) is 11.0. The lowest BCUT2D eigenvalue weighted by Crippen LogP contribution is -2.44. The summed E-state index contributed by atoms with van der Waals surface area (Å²) in [6, 6.07) is 12.5. The van der Waals surface area contributed by atoms with Crippen molar-refractivity contribution in [3.8, 4) is 0 Å². The SMILES string of the molecule is CN=C(NCc1cccc(C)c1)NC1CCN(c2ncccc2Cl)C1.I. The van der Waals surface area contributed by atoms with Crippen LogP contribution in [0.1, 0.15) is 17.5 Å². The lowest BCUT2D eigenvalue weighted by molar-refractivity contribution is 0.648. The quantitative estimate of drug-likeness (QED) is 0.395. The molecule has 0 aliphatic carbocycles. The van der Waals surface area contributed by atoms with Crippen LogP contribution in [0.15, 0.2) is 47.6 Å². The highest BCUT2D eigenvalue weighted by Gasteiger charge is 2.25. The Morgan fingerprint density at radius 1 is 1.35 bits per heavy atom. The molecule has 1 aliphatic heterocycles. The van der Waals surface area contributed by atoms with Gasteiger partial charge in [-0.3, -0.25) is 4.99 Å². The van der Waals surface area contributed by atoms with Crippen LogP contribution in [-0.4, -0.2) is 37.1 Å². The molecule has 1 atom stereocenters. The maximum absolute atomic E-state index is 6.25. The lowest BCUT2D eigenvalue weighted by Gasteiger charge is -2.20. The van der Waals surface area contributed by atoms with E-state index >= 15 is 0 Å². The summed E-state index contributed by atoms with van der Waals surface area (Å²) >= 11 is 6.25. The van der Waals surface area contributed by atoms with Crippen LogP contribution >= 0.6 is 35.6 Å². The molecule has 140 valence electrons. The van der Waals surface area contributed by atoms with Gasteiger partial charge in [0.2, 0.25) is 0 Å². The van der Waals surface area contributed by atoms with E-state index < -0.39 is 0 Å². The number of nitrogens with zero attached hydrogens (tertiary/aromatic N) is 3. The Morgan fingerprint density at radius 3 is 2.92 bits per heavy atom. The molecule has 0 bridgehead atoms. The fraction of sp³-hybridized carbons (Fsp3) is 0.368. The van der Waals surface area contributed by atoms with Crippen LogP contribution in [-0.2, 0) is 6.54 Å². The molecule has 0 radical (unpaired) electrons. The van der Waals surface area contributed by atoms with Gasteiger partial charge >= 0.3 is 0 Å². The molecular formula is C19H25ClIN5. The van der Waals surface area contributed by atoms with Crippen LogP contribution in [0.3, 0.4) is 0 Å². The number of anilines is 1. The van der Waals surface area contributed by atoms with E-state index in [2.05, 4.69) is 56.7 Å². The van der Waals surface area contributed by atoms with Gasteiger partial charge in [0.1, 0.15) is 5.82 Å². The van der Waals surface area contributed by atoms with E-state index in [4.69, 9.17) is 11.6 Å². The Hall–Kier alpha value is -1.54. The van der Waals surface area contributed by atoms with E-state index in [1.54, 1.807) is 13.2 Å². The molecule has 1 saturated heterocycles. The van der Waals surface area contributed by atoms with Crippen molar-refractivity contribution >= 4 is 47.4 Å². The molecule has 26 heavy (non-hydrogen) atoms. The third-order valence-electron chi connectivity index (χ3n) is 4.33. The number of rotatable bonds is 4. The predicted octanol–water partition coefficient (Wildman–Crippen LogP) is 3.61. The molecule has 2 N–H and O–H groups in total. The maximum atomic E-state index is 6.25. The molecule has 1 aromatic carbocycles. The van der Waals surface area contributed by atoms with Gasteiger partial charge in [0.15, 0.2) is 5.96 Å². The molecule has 1 fully saturated rings. The minimum atomic E-state index is 0. The second kappa shape index (κ2) is 9.97. The molecular weight excluding hydrogens is 461 g/mol. The summed E-state index contributed by atoms with van der Waals surface area (Å²) in [5, 5.41) is 7.58. The van der Waals surface area contributed by atoms with E-state index in [-0.39, 0.29) is 24.0 Å². The molecule has 2 aromatic rings. The summed E-state index contributed by atoms with van der Waals surface area (Å²) in [6.07, 6.45) is 2.81. The van der Waals surface area contributed by atoms with Crippen molar-refractivity contribution in [2.24, 2.45) is 4.99 Å². The minimum absolute atomic E-state index is 0. The molecule has 2 heterocycles. The first-order chi connectivity index (χ1) is 12.2. The molecule has 1 aromatic heterocycles. The minimum Gasteiger partial charge on any atom is -0.353 e. The maximum Gasteiger partial charge on any atom is 0.191 e. The van der Waals surface area contributed by atoms with Crippen molar-refractivity contribution in [3.05, 3.63) is 58.7 Å². The summed E-state index contributed by atoms with van der Waals surface area (Å²) < 4.78 is 0. The second-order valence-electron chi connectivity index (χ2n) is 6.30. The van der Waals surface area contributed by atoms with Crippen LogP contribution in [0.2, 0.25) is 5.02 Å². The smallest absolute Gasteiger partial charge is 0.191 e. The standard InChI is InChI=1S/C19H24ClN5.HI/c1-14-5-3-6-15(11-14)12-23-19(21-2)24-16-8-10-25(13-16)18-17(20)7-4-9-22-18;/h3-7,9,11,16H,8,10,12-13H2,1-2H3,(H2,21,23,24);1H. The topological polar surface area (TPSA) is 52.6 Å². The molecule has 0 spiro atoms. The fourth-order valence-corrected chi connectivity index (χ4v) is 3.32. The van der Waals surface area contributed by atoms with E-state index in [9.17, 15) is 0 Å². The third-order valence-corrected chi connectivity index (χ3v) is 4.63. The number of guanidine groups is 1. The van der Waals surface area contributed by atoms with Crippen LogP contribution < -0.4 is 15.5 Å². The van der Waals surface area contributed by atoms with Gasteiger partial charge in [-0.25, -0.2) is 4.98 Å². The van der Waals surface area contributed by atoms with Crippen molar-refractivity contribution in [3.63, 3.8) is 0 Å². The number of aromatic nitrogens is 1. The van der Waals surface area contributed by atoms with Gasteiger partial charge in [0.05, 0.1) is 5.02 Å².